The standard InChI is InChI=1S/C14H26N2O/c1-14(15,12-8-9-12)13(17)16-10-4-7-11-5-2-3-6-11/h11-12H,2-10,15H2,1H3,(H,16,17). The highest BCUT2D eigenvalue weighted by Gasteiger charge is 2.43. The summed E-state index contributed by atoms with van der Waals surface area (Å²) in [4.78, 5) is 11.9. The maximum atomic E-state index is 11.9. The van der Waals surface area contributed by atoms with Gasteiger partial charge in [-0.05, 0) is 44.4 Å². The zero-order valence-electron chi connectivity index (χ0n) is 11.0. The Bertz CT molecular complexity index is 265. The zero-order chi connectivity index (χ0) is 12.3. The molecule has 2 aliphatic rings. The van der Waals surface area contributed by atoms with E-state index in [0.29, 0.717) is 5.92 Å². The van der Waals surface area contributed by atoms with Crippen molar-refractivity contribution in [2.45, 2.75) is 63.8 Å². The molecule has 2 fully saturated rings. The highest BCUT2D eigenvalue weighted by molar-refractivity contribution is 5.86. The summed E-state index contributed by atoms with van der Waals surface area (Å²) in [5.74, 6) is 1.38. The Balaban J connectivity index is 1.59. The van der Waals surface area contributed by atoms with Gasteiger partial charge in [0, 0.05) is 6.54 Å². The molecular weight excluding hydrogens is 212 g/mol. The molecule has 1 amide bonds. The first-order chi connectivity index (χ1) is 8.10. The van der Waals surface area contributed by atoms with Crippen molar-refractivity contribution in [3.05, 3.63) is 0 Å². The molecule has 0 bridgehead atoms. The van der Waals surface area contributed by atoms with Crippen molar-refractivity contribution in [1.82, 2.24) is 5.32 Å². The molecule has 0 aliphatic heterocycles. The summed E-state index contributed by atoms with van der Waals surface area (Å²) in [6.45, 7) is 2.67. The van der Waals surface area contributed by atoms with E-state index in [1.165, 1.54) is 32.1 Å². The highest BCUT2D eigenvalue weighted by Crippen LogP contribution is 2.38. The number of nitrogens with two attached hydrogens (primary N) is 1. The van der Waals surface area contributed by atoms with E-state index in [2.05, 4.69) is 5.32 Å². The summed E-state index contributed by atoms with van der Waals surface area (Å²) in [5, 5.41) is 3.00. The summed E-state index contributed by atoms with van der Waals surface area (Å²) >= 11 is 0. The van der Waals surface area contributed by atoms with Gasteiger partial charge in [-0.25, -0.2) is 0 Å². The molecule has 0 aromatic rings. The number of hydrogen-bond acceptors (Lipinski definition) is 2. The van der Waals surface area contributed by atoms with Crippen molar-refractivity contribution in [2.75, 3.05) is 6.54 Å². The van der Waals surface area contributed by atoms with Gasteiger partial charge in [-0.2, -0.15) is 0 Å². The second-order valence-electron chi connectivity index (χ2n) is 6.11. The van der Waals surface area contributed by atoms with Crippen LogP contribution in [0.4, 0.5) is 0 Å². The fraction of sp³-hybridized carbons (Fsp3) is 0.929. The van der Waals surface area contributed by atoms with E-state index in [1.54, 1.807) is 0 Å². The minimum atomic E-state index is -0.632. The fourth-order valence-corrected chi connectivity index (χ4v) is 2.95. The second kappa shape index (κ2) is 5.38. The smallest absolute Gasteiger partial charge is 0.240 e. The van der Waals surface area contributed by atoms with E-state index in [4.69, 9.17) is 5.73 Å². The minimum Gasteiger partial charge on any atom is -0.355 e. The molecule has 2 saturated carbocycles. The van der Waals surface area contributed by atoms with Gasteiger partial charge in [-0.1, -0.05) is 25.7 Å². The average Bonchev–Trinajstić information content (AvgIpc) is 3.04. The lowest BCUT2D eigenvalue weighted by Gasteiger charge is -2.23. The summed E-state index contributed by atoms with van der Waals surface area (Å²) in [6.07, 6.45) is 10.2. The molecular formula is C14H26N2O. The third-order valence-electron chi connectivity index (χ3n) is 4.46. The molecule has 1 unspecified atom stereocenters. The Morgan fingerprint density at radius 1 is 1.29 bits per heavy atom. The topological polar surface area (TPSA) is 55.1 Å². The summed E-state index contributed by atoms with van der Waals surface area (Å²) in [6, 6.07) is 0. The highest BCUT2D eigenvalue weighted by atomic mass is 16.2. The monoisotopic (exact) mass is 238 g/mol. The Hall–Kier alpha value is -0.570. The third-order valence-corrected chi connectivity index (χ3v) is 4.46. The number of carbonyl (C=O) groups excluding carboxylic acids is 1. The normalized spacial score (nSPS) is 24.6. The Morgan fingerprint density at radius 2 is 1.94 bits per heavy atom. The molecule has 0 saturated heterocycles. The molecule has 0 heterocycles. The van der Waals surface area contributed by atoms with Crippen LogP contribution in [-0.2, 0) is 4.79 Å². The lowest BCUT2D eigenvalue weighted by Crippen LogP contribution is -2.53. The van der Waals surface area contributed by atoms with Crippen LogP contribution in [0, 0.1) is 11.8 Å². The molecule has 3 N–H and O–H groups in total. The van der Waals surface area contributed by atoms with Gasteiger partial charge >= 0.3 is 0 Å². The van der Waals surface area contributed by atoms with Gasteiger partial charge in [0.2, 0.25) is 5.91 Å². The van der Waals surface area contributed by atoms with Crippen LogP contribution in [0.25, 0.3) is 0 Å². The molecule has 1 atom stereocenters. The predicted octanol–water partition coefficient (Wildman–Crippen LogP) is 2.20. The first-order valence-corrected chi connectivity index (χ1v) is 7.18. The number of nitrogens with one attached hydrogen (secondary N) is 1. The van der Waals surface area contributed by atoms with Crippen LogP contribution < -0.4 is 11.1 Å². The van der Waals surface area contributed by atoms with Crippen LogP contribution in [0.15, 0.2) is 0 Å². The van der Waals surface area contributed by atoms with E-state index in [9.17, 15) is 4.79 Å². The minimum absolute atomic E-state index is 0.0476. The van der Waals surface area contributed by atoms with E-state index < -0.39 is 5.54 Å². The molecule has 0 radical (unpaired) electrons. The number of carbonyl (C=O) groups is 1. The maximum Gasteiger partial charge on any atom is 0.240 e. The SMILES string of the molecule is CC(N)(C(=O)NCCCC1CCCC1)C1CC1. The first kappa shape index (κ1) is 12.9. The Labute approximate surface area is 105 Å². The fourth-order valence-electron chi connectivity index (χ4n) is 2.95. The van der Waals surface area contributed by atoms with Gasteiger partial charge in [0.15, 0.2) is 0 Å². The van der Waals surface area contributed by atoms with Crippen molar-refractivity contribution in [2.24, 2.45) is 17.6 Å². The van der Waals surface area contributed by atoms with Crippen molar-refractivity contribution >= 4 is 5.91 Å². The van der Waals surface area contributed by atoms with Crippen molar-refractivity contribution in [3.8, 4) is 0 Å². The van der Waals surface area contributed by atoms with Crippen LogP contribution in [0.3, 0.4) is 0 Å². The molecule has 3 heteroatoms. The third kappa shape index (κ3) is 3.44. The maximum absolute atomic E-state index is 11.9. The van der Waals surface area contributed by atoms with Crippen LogP contribution >= 0.6 is 0 Å². The molecule has 2 rings (SSSR count). The summed E-state index contributed by atoms with van der Waals surface area (Å²) in [7, 11) is 0. The molecule has 0 aromatic heterocycles. The van der Waals surface area contributed by atoms with Gasteiger partial charge in [0.1, 0.15) is 0 Å². The Morgan fingerprint density at radius 3 is 2.53 bits per heavy atom. The van der Waals surface area contributed by atoms with Crippen LogP contribution in [0.5, 0.6) is 0 Å². The van der Waals surface area contributed by atoms with E-state index in [1.807, 2.05) is 6.92 Å². The average molecular weight is 238 g/mol. The summed E-state index contributed by atoms with van der Waals surface area (Å²) in [5.41, 5.74) is 5.43. The molecule has 2 aliphatic carbocycles. The Kier molecular flexibility index (Phi) is 4.08. The largest absolute Gasteiger partial charge is 0.355 e. The molecule has 17 heavy (non-hydrogen) atoms. The lowest BCUT2D eigenvalue weighted by atomic mass is 9.96. The van der Waals surface area contributed by atoms with E-state index >= 15 is 0 Å². The van der Waals surface area contributed by atoms with Crippen LogP contribution in [0.1, 0.15) is 58.3 Å². The van der Waals surface area contributed by atoms with Gasteiger partial charge in [-0.15, -0.1) is 0 Å². The van der Waals surface area contributed by atoms with Crippen molar-refractivity contribution in [1.29, 1.82) is 0 Å². The molecule has 98 valence electrons. The van der Waals surface area contributed by atoms with Crippen LogP contribution in [-0.4, -0.2) is 18.0 Å². The van der Waals surface area contributed by atoms with Gasteiger partial charge in [-0.3, -0.25) is 4.79 Å². The van der Waals surface area contributed by atoms with Crippen molar-refractivity contribution in [3.63, 3.8) is 0 Å². The van der Waals surface area contributed by atoms with Gasteiger partial charge in [0.05, 0.1) is 5.54 Å². The van der Waals surface area contributed by atoms with E-state index in [0.717, 1.165) is 31.7 Å². The lowest BCUT2D eigenvalue weighted by molar-refractivity contribution is -0.126. The number of amides is 1. The van der Waals surface area contributed by atoms with Crippen molar-refractivity contribution < 1.29 is 4.79 Å². The van der Waals surface area contributed by atoms with E-state index in [-0.39, 0.29) is 5.91 Å². The predicted molar refractivity (Wildman–Crippen MR) is 69.5 cm³/mol. The number of hydrogen-bond donors (Lipinski definition) is 2. The second-order valence-corrected chi connectivity index (χ2v) is 6.11. The summed E-state index contributed by atoms with van der Waals surface area (Å²) < 4.78 is 0. The van der Waals surface area contributed by atoms with Crippen LogP contribution in [0.2, 0.25) is 0 Å². The molecule has 0 aromatic carbocycles. The van der Waals surface area contributed by atoms with Gasteiger partial charge in [0.25, 0.3) is 0 Å². The van der Waals surface area contributed by atoms with Gasteiger partial charge < -0.3 is 11.1 Å². The molecule has 3 nitrogen and oxygen atoms in total. The number of rotatable bonds is 6. The quantitative estimate of drug-likeness (QED) is 0.697. The zero-order valence-corrected chi connectivity index (χ0v) is 11.0. The first-order valence-electron chi connectivity index (χ1n) is 7.18. The molecule has 0 spiro atoms.